The second kappa shape index (κ2) is 4.61. The van der Waals surface area contributed by atoms with Crippen molar-refractivity contribution in [1.29, 1.82) is 0 Å². The summed E-state index contributed by atoms with van der Waals surface area (Å²) in [5, 5.41) is 21.3. The number of non-ortho nitro benzene ring substituents is 1. The Kier molecular flexibility index (Phi) is 2.78. The molecule has 0 aliphatic heterocycles. The van der Waals surface area contributed by atoms with Gasteiger partial charge < -0.3 is 14.3 Å². The maximum Gasteiger partial charge on any atom is 0.296 e. The molecule has 2 heterocycles. The molecule has 0 fully saturated rings. The van der Waals surface area contributed by atoms with Gasteiger partial charge >= 0.3 is 0 Å². The van der Waals surface area contributed by atoms with Crippen LogP contribution in [0.25, 0.3) is 11.1 Å². The molecule has 0 saturated carbocycles. The van der Waals surface area contributed by atoms with Gasteiger partial charge in [0.1, 0.15) is 11.8 Å². The predicted molar refractivity (Wildman–Crippen MR) is 69.0 cm³/mol. The molecule has 0 aliphatic rings. The number of hydrogen-bond acceptors (Lipinski definition) is 7. The molecule has 102 valence electrons. The fourth-order valence-corrected chi connectivity index (χ4v) is 1.73. The van der Waals surface area contributed by atoms with Crippen molar-refractivity contribution in [1.82, 2.24) is 19.7 Å². The molecule has 0 spiro atoms. The highest BCUT2D eigenvalue weighted by molar-refractivity contribution is 5.77. The topological polar surface area (TPSA) is 112 Å². The molecule has 2 aromatic heterocycles. The van der Waals surface area contributed by atoms with Gasteiger partial charge in [-0.3, -0.25) is 10.1 Å². The van der Waals surface area contributed by atoms with Gasteiger partial charge in [0.25, 0.3) is 11.7 Å². The molecule has 9 heteroatoms. The zero-order chi connectivity index (χ0) is 14.1. The van der Waals surface area contributed by atoms with Crippen LogP contribution < -0.4 is 5.32 Å². The van der Waals surface area contributed by atoms with Crippen LogP contribution in [0.4, 0.5) is 11.7 Å². The first-order chi connectivity index (χ1) is 9.63. The number of aryl methyl sites for hydroxylation is 1. The predicted octanol–water partition coefficient (Wildman–Crippen LogP) is 1.48. The van der Waals surface area contributed by atoms with Crippen molar-refractivity contribution >= 4 is 22.8 Å². The van der Waals surface area contributed by atoms with Crippen molar-refractivity contribution in [3.05, 3.63) is 40.5 Å². The Morgan fingerprint density at radius 3 is 3.05 bits per heavy atom. The van der Waals surface area contributed by atoms with E-state index in [1.165, 1.54) is 18.2 Å². The maximum absolute atomic E-state index is 10.7. The van der Waals surface area contributed by atoms with Crippen LogP contribution in [-0.4, -0.2) is 24.7 Å². The Labute approximate surface area is 112 Å². The lowest BCUT2D eigenvalue weighted by molar-refractivity contribution is -0.384. The minimum absolute atomic E-state index is 0.0225. The van der Waals surface area contributed by atoms with Gasteiger partial charge in [0.2, 0.25) is 0 Å². The van der Waals surface area contributed by atoms with Gasteiger partial charge in [-0.15, -0.1) is 10.2 Å². The zero-order valence-electron chi connectivity index (χ0n) is 10.5. The monoisotopic (exact) mass is 274 g/mol. The van der Waals surface area contributed by atoms with Crippen LogP contribution in [0.2, 0.25) is 0 Å². The van der Waals surface area contributed by atoms with Gasteiger partial charge in [-0.1, -0.05) is 0 Å². The number of rotatable bonds is 4. The largest absolute Gasteiger partial charge is 0.424 e. The Morgan fingerprint density at radius 1 is 1.50 bits per heavy atom. The number of anilines is 1. The molecule has 0 amide bonds. The molecular formula is C11H10N6O3. The van der Waals surface area contributed by atoms with Crippen LogP contribution in [0.3, 0.4) is 0 Å². The molecule has 0 unspecified atom stereocenters. The average molecular weight is 274 g/mol. The smallest absolute Gasteiger partial charge is 0.296 e. The fourth-order valence-electron chi connectivity index (χ4n) is 1.73. The average Bonchev–Trinajstić information content (AvgIpc) is 3.00. The second-order valence-electron chi connectivity index (χ2n) is 4.14. The number of benzene rings is 1. The molecule has 0 saturated heterocycles. The lowest BCUT2D eigenvalue weighted by atomic mass is 10.3. The van der Waals surface area contributed by atoms with Crippen molar-refractivity contribution in [2.45, 2.75) is 6.54 Å². The first-order valence-electron chi connectivity index (χ1n) is 5.75. The lowest BCUT2D eigenvalue weighted by Gasteiger charge is -1.99. The van der Waals surface area contributed by atoms with Gasteiger partial charge in [-0.05, 0) is 6.07 Å². The molecule has 1 aromatic carbocycles. The highest BCUT2D eigenvalue weighted by Crippen LogP contribution is 2.23. The van der Waals surface area contributed by atoms with Crippen molar-refractivity contribution < 1.29 is 9.34 Å². The highest BCUT2D eigenvalue weighted by atomic mass is 16.6. The van der Waals surface area contributed by atoms with Crippen LogP contribution in [-0.2, 0) is 13.6 Å². The van der Waals surface area contributed by atoms with Gasteiger partial charge in [-0.2, -0.15) is 4.98 Å². The highest BCUT2D eigenvalue weighted by Gasteiger charge is 2.11. The minimum atomic E-state index is -0.471. The molecule has 20 heavy (non-hydrogen) atoms. The van der Waals surface area contributed by atoms with Crippen molar-refractivity contribution in [3.8, 4) is 0 Å². The standard InChI is InChI=1S/C11H10N6O3/c1-16-6-13-15-10(16)5-12-11-14-8-4-7(17(18)19)2-3-9(8)20-11/h2-4,6H,5H2,1H3,(H,12,14). The van der Waals surface area contributed by atoms with E-state index in [1.54, 1.807) is 10.9 Å². The maximum atomic E-state index is 10.7. The van der Waals surface area contributed by atoms with Crippen LogP contribution >= 0.6 is 0 Å². The van der Waals surface area contributed by atoms with E-state index in [0.29, 0.717) is 17.6 Å². The molecule has 3 rings (SSSR count). The van der Waals surface area contributed by atoms with E-state index in [4.69, 9.17) is 4.42 Å². The number of nitro benzene ring substituents is 1. The van der Waals surface area contributed by atoms with Crippen molar-refractivity contribution in [2.24, 2.45) is 7.05 Å². The molecule has 0 bridgehead atoms. The summed E-state index contributed by atoms with van der Waals surface area (Å²) < 4.78 is 7.20. The third kappa shape index (κ3) is 2.16. The Balaban J connectivity index is 1.82. The molecule has 0 aliphatic carbocycles. The third-order valence-corrected chi connectivity index (χ3v) is 2.78. The van der Waals surface area contributed by atoms with Crippen molar-refractivity contribution in [2.75, 3.05) is 5.32 Å². The number of oxazole rings is 1. The molecule has 3 aromatic rings. The van der Waals surface area contributed by atoms with E-state index in [1.807, 2.05) is 7.05 Å². The summed E-state index contributed by atoms with van der Waals surface area (Å²) in [4.78, 5) is 14.4. The summed E-state index contributed by atoms with van der Waals surface area (Å²) in [7, 11) is 1.83. The lowest BCUT2D eigenvalue weighted by Crippen LogP contribution is -2.05. The van der Waals surface area contributed by atoms with E-state index in [0.717, 1.165) is 5.82 Å². The third-order valence-electron chi connectivity index (χ3n) is 2.78. The minimum Gasteiger partial charge on any atom is -0.424 e. The van der Waals surface area contributed by atoms with Gasteiger partial charge in [0.05, 0.1) is 11.5 Å². The Bertz CT molecular complexity index is 777. The van der Waals surface area contributed by atoms with Crippen LogP contribution in [0.5, 0.6) is 0 Å². The summed E-state index contributed by atoms with van der Waals surface area (Å²) in [6.07, 6.45) is 1.59. The van der Waals surface area contributed by atoms with Crippen molar-refractivity contribution in [3.63, 3.8) is 0 Å². The Morgan fingerprint density at radius 2 is 2.35 bits per heavy atom. The zero-order valence-corrected chi connectivity index (χ0v) is 10.5. The number of fused-ring (bicyclic) bond motifs is 1. The molecule has 0 atom stereocenters. The number of hydrogen-bond donors (Lipinski definition) is 1. The Hall–Kier alpha value is -2.97. The van der Waals surface area contributed by atoms with E-state index in [9.17, 15) is 10.1 Å². The summed E-state index contributed by atoms with van der Waals surface area (Å²) in [6, 6.07) is 4.55. The number of nitro groups is 1. The number of nitrogens with zero attached hydrogens (tertiary/aromatic N) is 5. The second-order valence-corrected chi connectivity index (χ2v) is 4.14. The summed E-state index contributed by atoms with van der Waals surface area (Å²) in [6.45, 7) is 0.394. The summed E-state index contributed by atoms with van der Waals surface area (Å²) in [5.74, 6) is 0.721. The van der Waals surface area contributed by atoms with Crippen LogP contribution in [0, 0.1) is 10.1 Å². The molecule has 0 radical (unpaired) electrons. The molecular weight excluding hydrogens is 264 g/mol. The van der Waals surface area contributed by atoms with E-state index >= 15 is 0 Å². The van der Waals surface area contributed by atoms with Gasteiger partial charge in [-0.25, -0.2) is 0 Å². The quantitative estimate of drug-likeness (QED) is 0.566. The van der Waals surface area contributed by atoms with Gasteiger partial charge in [0, 0.05) is 19.2 Å². The number of aromatic nitrogens is 4. The van der Waals surface area contributed by atoms with Crippen LogP contribution in [0.1, 0.15) is 5.82 Å². The molecule has 1 N–H and O–H groups in total. The summed E-state index contributed by atoms with van der Waals surface area (Å²) >= 11 is 0. The van der Waals surface area contributed by atoms with Gasteiger partial charge in [0.15, 0.2) is 11.4 Å². The van der Waals surface area contributed by atoms with Crippen LogP contribution in [0.15, 0.2) is 28.9 Å². The van der Waals surface area contributed by atoms with E-state index in [-0.39, 0.29) is 11.7 Å². The first kappa shape index (κ1) is 12.1. The number of nitrogens with one attached hydrogen (secondary N) is 1. The fraction of sp³-hybridized carbons (Fsp3) is 0.182. The SMILES string of the molecule is Cn1cnnc1CNc1nc2cc([N+](=O)[O-])ccc2o1. The molecule has 9 nitrogen and oxygen atoms in total. The van der Waals surface area contributed by atoms with E-state index < -0.39 is 4.92 Å². The summed E-state index contributed by atoms with van der Waals surface area (Å²) in [5.41, 5.74) is 0.890. The normalized spacial score (nSPS) is 10.8. The van der Waals surface area contributed by atoms with E-state index in [2.05, 4.69) is 20.5 Å². The first-order valence-corrected chi connectivity index (χ1v) is 5.75.